The average Bonchev–Trinajstić information content (AvgIpc) is 2.86. The number of thiazole rings is 2. The van der Waals surface area contributed by atoms with Gasteiger partial charge in [0.25, 0.3) is 0 Å². The first-order chi connectivity index (χ1) is 7.66. The highest BCUT2D eigenvalue weighted by atomic mass is 32.1. The van der Waals surface area contributed by atoms with Crippen molar-refractivity contribution in [2.75, 3.05) is 0 Å². The molecule has 84 valence electrons. The van der Waals surface area contributed by atoms with Gasteiger partial charge in [0.05, 0.1) is 11.6 Å². The van der Waals surface area contributed by atoms with Gasteiger partial charge in [-0.3, -0.25) is 9.78 Å². The standard InChI is InChI=1S/C10H11N3OS2/c1-6(11)10-13-8(4-15-10)9(14)2-7-3-12-5-16-7/h3-6H,2,11H2,1H3. The third kappa shape index (κ3) is 2.52. The summed E-state index contributed by atoms with van der Waals surface area (Å²) < 4.78 is 0. The number of carbonyl (C=O) groups is 1. The maximum atomic E-state index is 11.8. The highest BCUT2D eigenvalue weighted by Gasteiger charge is 2.13. The van der Waals surface area contributed by atoms with Gasteiger partial charge in [0, 0.05) is 22.9 Å². The minimum absolute atomic E-state index is 0.0207. The molecule has 0 spiro atoms. The molecule has 0 aliphatic rings. The molecule has 0 saturated carbocycles. The molecule has 2 aromatic rings. The molecule has 2 heterocycles. The Kier molecular flexibility index (Phi) is 3.42. The summed E-state index contributed by atoms with van der Waals surface area (Å²) in [7, 11) is 0. The summed E-state index contributed by atoms with van der Waals surface area (Å²) in [6.07, 6.45) is 2.08. The zero-order valence-corrected chi connectivity index (χ0v) is 10.3. The maximum absolute atomic E-state index is 11.8. The van der Waals surface area contributed by atoms with Gasteiger partial charge >= 0.3 is 0 Å². The van der Waals surface area contributed by atoms with Crippen molar-refractivity contribution in [2.24, 2.45) is 5.73 Å². The molecule has 2 N–H and O–H groups in total. The van der Waals surface area contributed by atoms with E-state index in [2.05, 4.69) is 9.97 Å². The van der Waals surface area contributed by atoms with Crippen molar-refractivity contribution in [2.45, 2.75) is 19.4 Å². The normalized spacial score (nSPS) is 12.6. The highest BCUT2D eigenvalue weighted by molar-refractivity contribution is 7.10. The largest absolute Gasteiger partial charge is 0.322 e. The molecule has 0 fully saturated rings. The fourth-order valence-electron chi connectivity index (χ4n) is 1.20. The van der Waals surface area contributed by atoms with Crippen molar-refractivity contribution in [1.82, 2.24) is 9.97 Å². The zero-order valence-electron chi connectivity index (χ0n) is 8.71. The van der Waals surface area contributed by atoms with E-state index in [4.69, 9.17) is 5.73 Å². The molecule has 1 atom stereocenters. The third-order valence-corrected chi connectivity index (χ3v) is 3.84. The number of hydrogen-bond donors (Lipinski definition) is 1. The molecule has 0 aromatic carbocycles. The summed E-state index contributed by atoms with van der Waals surface area (Å²) in [6.45, 7) is 1.86. The number of aromatic nitrogens is 2. The minimum atomic E-state index is -0.116. The lowest BCUT2D eigenvalue weighted by Crippen LogP contribution is -2.07. The van der Waals surface area contributed by atoms with Crippen molar-refractivity contribution in [3.05, 3.63) is 32.7 Å². The molecule has 16 heavy (non-hydrogen) atoms. The lowest BCUT2D eigenvalue weighted by atomic mass is 10.2. The smallest absolute Gasteiger partial charge is 0.187 e. The van der Waals surface area contributed by atoms with E-state index in [0.29, 0.717) is 12.1 Å². The van der Waals surface area contributed by atoms with Crippen LogP contribution in [0.4, 0.5) is 0 Å². The third-order valence-electron chi connectivity index (χ3n) is 2.02. The number of rotatable bonds is 4. The molecule has 0 saturated heterocycles. The van der Waals surface area contributed by atoms with Gasteiger partial charge in [-0.05, 0) is 6.92 Å². The van der Waals surface area contributed by atoms with Crippen LogP contribution in [0.1, 0.15) is 33.3 Å². The quantitative estimate of drug-likeness (QED) is 0.847. The summed E-state index contributed by atoms with van der Waals surface area (Å²) in [5, 5.41) is 2.56. The van der Waals surface area contributed by atoms with Gasteiger partial charge in [-0.15, -0.1) is 22.7 Å². The van der Waals surface area contributed by atoms with Crippen LogP contribution < -0.4 is 5.73 Å². The van der Waals surface area contributed by atoms with Crippen LogP contribution in [0.25, 0.3) is 0 Å². The molecule has 2 aromatic heterocycles. The Morgan fingerprint density at radius 2 is 2.38 bits per heavy atom. The lowest BCUT2D eigenvalue weighted by molar-refractivity contribution is 0.0989. The van der Waals surface area contributed by atoms with Crippen LogP contribution in [0.2, 0.25) is 0 Å². The number of carbonyl (C=O) groups excluding carboxylic acids is 1. The Balaban J connectivity index is 2.09. The predicted octanol–water partition coefficient (Wildman–Crippen LogP) is 2.04. The van der Waals surface area contributed by atoms with E-state index in [1.54, 1.807) is 17.1 Å². The van der Waals surface area contributed by atoms with Crippen LogP contribution in [0.3, 0.4) is 0 Å². The first kappa shape index (κ1) is 11.4. The highest BCUT2D eigenvalue weighted by Crippen LogP contribution is 2.18. The monoisotopic (exact) mass is 253 g/mol. The summed E-state index contributed by atoms with van der Waals surface area (Å²) in [5.41, 5.74) is 7.92. The summed E-state index contributed by atoms with van der Waals surface area (Å²) in [5.74, 6) is 0.0207. The van der Waals surface area contributed by atoms with E-state index in [9.17, 15) is 4.79 Å². The number of nitrogens with two attached hydrogens (primary N) is 1. The molecule has 1 unspecified atom stereocenters. The molecule has 0 aliphatic carbocycles. The Hall–Kier alpha value is -1.11. The molecular weight excluding hydrogens is 242 g/mol. The van der Waals surface area contributed by atoms with E-state index in [1.807, 2.05) is 6.92 Å². The first-order valence-electron chi connectivity index (χ1n) is 4.78. The first-order valence-corrected chi connectivity index (χ1v) is 6.54. The van der Waals surface area contributed by atoms with Crippen molar-refractivity contribution >= 4 is 28.5 Å². The average molecular weight is 253 g/mol. The molecule has 2 rings (SSSR count). The van der Waals surface area contributed by atoms with Crippen LogP contribution in [-0.2, 0) is 6.42 Å². The molecule has 4 nitrogen and oxygen atoms in total. The molecule has 6 heteroatoms. The van der Waals surface area contributed by atoms with Gasteiger partial charge in [-0.25, -0.2) is 4.98 Å². The molecule has 0 aliphatic heterocycles. The number of Topliss-reactive ketones (excluding diaryl/α,β-unsaturated/α-hetero) is 1. The van der Waals surface area contributed by atoms with Crippen molar-refractivity contribution in [3.63, 3.8) is 0 Å². The van der Waals surface area contributed by atoms with E-state index in [1.165, 1.54) is 22.7 Å². The van der Waals surface area contributed by atoms with Gasteiger partial charge < -0.3 is 5.73 Å². The molecule has 0 amide bonds. The second-order valence-electron chi connectivity index (χ2n) is 3.43. The fraction of sp³-hybridized carbons (Fsp3) is 0.300. The summed E-state index contributed by atoms with van der Waals surface area (Å²) >= 11 is 2.91. The number of ketones is 1. The van der Waals surface area contributed by atoms with Gasteiger partial charge in [0.2, 0.25) is 0 Å². The van der Waals surface area contributed by atoms with E-state index >= 15 is 0 Å². The Labute approximate surface area is 101 Å². The number of hydrogen-bond acceptors (Lipinski definition) is 6. The van der Waals surface area contributed by atoms with Crippen LogP contribution in [-0.4, -0.2) is 15.8 Å². The van der Waals surface area contributed by atoms with E-state index in [0.717, 1.165) is 9.88 Å². The summed E-state index contributed by atoms with van der Waals surface area (Å²) in [4.78, 5) is 20.9. The minimum Gasteiger partial charge on any atom is -0.322 e. The maximum Gasteiger partial charge on any atom is 0.187 e. The van der Waals surface area contributed by atoms with Crippen molar-refractivity contribution in [3.8, 4) is 0 Å². The Bertz CT molecular complexity index is 476. The van der Waals surface area contributed by atoms with Crippen LogP contribution in [0, 0.1) is 0 Å². The zero-order chi connectivity index (χ0) is 11.5. The Morgan fingerprint density at radius 3 is 2.94 bits per heavy atom. The lowest BCUT2D eigenvalue weighted by Gasteiger charge is -1.97. The van der Waals surface area contributed by atoms with E-state index < -0.39 is 0 Å². The second-order valence-corrected chi connectivity index (χ2v) is 5.29. The second kappa shape index (κ2) is 4.82. The molecule has 0 radical (unpaired) electrons. The van der Waals surface area contributed by atoms with Crippen LogP contribution >= 0.6 is 22.7 Å². The van der Waals surface area contributed by atoms with Crippen LogP contribution in [0.15, 0.2) is 17.1 Å². The van der Waals surface area contributed by atoms with Gasteiger partial charge in [-0.2, -0.15) is 0 Å². The fourth-order valence-corrected chi connectivity index (χ4v) is 2.58. The van der Waals surface area contributed by atoms with Crippen molar-refractivity contribution < 1.29 is 4.79 Å². The number of nitrogens with zero attached hydrogens (tertiary/aromatic N) is 2. The van der Waals surface area contributed by atoms with Gasteiger partial charge in [0.1, 0.15) is 10.7 Å². The SMILES string of the molecule is CC(N)c1nc(C(=O)Cc2cncs2)cs1. The van der Waals surface area contributed by atoms with E-state index in [-0.39, 0.29) is 11.8 Å². The van der Waals surface area contributed by atoms with Gasteiger partial charge in [-0.1, -0.05) is 0 Å². The molecule has 0 bridgehead atoms. The Morgan fingerprint density at radius 1 is 1.56 bits per heavy atom. The molecular formula is C10H11N3OS2. The van der Waals surface area contributed by atoms with Crippen molar-refractivity contribution in [1.29, 1.82) is 0 Å². The predicted molar refractivity (Wildman–Crippen MR) is 64.9 cm³/mol. The topological polar surface area (TPSA) is 68.9 Å². The van der Waals surface area contributed by atoms with Gasteiger partial charge in [0.15, 0.2) is 5.78 Å². The van der Waals surface area contributed by atoms with Crippen LogP contribution in [0.5, 0.6) is 0 Å². The summed E-state index contributed by atoms with van der Waals surface area (Å²) in [6, 6.07) is -0.116.